The van der Waals surface area contributed by atoms with Crippen molar-refractivity contribution < 1.29 is 4.79 Å². The lowest BCUT2D eigenvalue weighted by Gasteiger charge is -2.17. The van der Waals surface area contributed by atoms with Gasteiger partial charge in [0.2, 0.25) is 11.7 Å². The Morgan fingerprint density at radius 1 is 1.35 bits per heavy atom. The average Bonchev–Trinajstić information content (AvgIpc) is 3.39. The lowest BCUT2D eigenvalue weighted by atomic mass is 10.0. The summed E-state index contributed by atoms with van der Waals surface area (Å²) < 4.78 is 1.66. The molecule has 3 saturated carbocycles. The minimum absolute atomic E-state index is 0.0216. The van der Waals surface area contributed by atoms with Crippen LogP contribution in [0.2, 0.25) is 5.15 Å². The highest BCUT2D eigenvalue weighted by Crippen LogP contribution is 2.61. The average molecular weight is 337 g/mol. The van der Waals surface area contributed by atoms with Gasteiger partial charge in [-0.25, -0.2) is 4.98 Å². The van der Waals surface area contributed by atoms with Gasteiger partial charge in [0.05, 0.1) is 11.1 Å². The molecule has 0 aromatic carbocycles. The van der Waals surface area contributed by atoms with Crippen molar-refractivity contribution >= 4 is 23.3 Å². The van der Waals surface area contributed by atoms with Gasteiger partial charge in [-0.2, -0.15) is 0 Å². The summed E-state index contributed by atoms with van der Waals surface area (Å²) in [5.41, 5.74) is 5.65. The van der Waals surface area contributed by atoms with Gasteiger partial charge in [-0.3, -0.25) is 20.4 Å². The Kier molecular flexibility index (Phi) is 3.41. The summed E-state index contributed by atoms with van der Waals surface area (Å²) in [6.07, 6.45) is 6.45. The first-order chi connectivity index (χ1) is 11.0. The van der Waals surface area contributed by atoms with Gasteiger partial charge < -0.3 is 4.57 Å². The molecule has 1 heterocycles. The van der Waals surface area contributed by atoms with Crippen LogP contribution in [0.15, 0.2) is 4.79 Å². The molecular weight excluding hydrogens is 316 g/mol. The summed E-state index contributed by atoms with van der Waals surface area (Å²) in [5, 5.41) is 0.297. The summed E-state index contributed by atoms with van der Waals surface area (Å²) >= 11 is 6.15. The first-order valence-electron chi connectivity index (χ1n) is 8.34. The SMILES string of the molecule is Cc1c(Cl)nc(NNC(=O)C2(C3CC3)CC2)c(=O)n1CC1CC1. The Labute approximate surface area is 139 Å². The van der Waals surface area contributed by atoms with E-state index < -0.39 is 0 Å². The van der Waals surface area contributed by atoms with E-state index in [9.17, 15) is 9.59 Å². The van der Waals surface area contributed by atoms with Crippen molar-refractivity contribution in [3.63, 3.8) is 0 Å². The maximum atomic E-state index is 12.6. The number of hydrogen-bond donors (Lipinski definition) is 2. The zero-order valence-corrected chi connectivity index (χ0v) is 13.9. The van der Waals surface area contributed by atoms with E-state index in [0.29, 0.717) is 29.2 Å². The molecule has 3 aliphatic carbocycles. The van der Waals surface area contributed by atoms with Crippen LogP contribution in [0.5, 0.6) is 0 Å². The number of aromatic nitrogens is 2. The third kappa shape index (κ3) is 2.73. The van der Waals surface area contributed by atoms with Crippen molar-refractivity contribution in [3.8, 4) is 0 Å². The van der Waals surface area contributed by atoms with Crippen molar-refractivity contribution in [2.45, 2.75) is 52.0 Å². The number of hydrogen-bond acceptors (Lipinski definition) is 4. The highest BCUT2D eigenvalue weighted by Gasteiger charge is 2.59. The third-order valence-corrected chi connectivity index (χ3v) is 5.75. The Bertz CT molecular complexity index is 718. The van der Waals surface area contributed by atoms with Gasteiger partial charge >= 0.3 is 0 Å². The van der Waals surface area contributed by atoms with Crippen molar-refractivity contribution in [1.82, 2.24) is 15.0 Å². The van der Waals surface area contributed by atoms with Crippen molar-refractivity contribution in [3.05, 3.63) is 21.2 Å². The molecule has 3 aliphatic rings. The van der Waals surface area contributed by atoms with Gasteiger partial charge in [-0.1, -0.05) is 11.6 Å². The topological polar surface area (TPSA) is 76.0 Å². The van der Waals surface area contributed by atoms with Gasteiger partial charge in [0.1, 0.15) is 0 Å². The third-order valence-electron chi connectivity index (χ3n) is 5.39. The van der Waals surface area contributed by atoms with Crippen LogP contribution < -0.4 is 16.4 Å². The van der Waals surface area contributed by atoms with Gasteiger partial charge in [0.25, 0.3) is 5.56 Å². The maximum absolute atomic E-state index is 12.6. The second-order valence-electron chi connectivity index (χ2n) is 7.21. The molecule has 1 aromatic heterocycles. The Balaban J connectivity index is 1.51. The minimum atomic E-state index is -0.227. The van der Waals surface area contributed by atoms with E-state index in [-0.39, 0.29) is 22.7 Å². The molecule has 0 saturated heterocycles. The van der Waals surface area contributed by atoms with Crippen LogP contribution in [0, 0.1) is 24.2 Å². The Hall–Kier alpha value is -1.56. The molecule has 1 amide bonds. The van der Waals surface area contributed by atoms with Crippen LogP contribution in [0.25, 0.3) is 0 Å². The van der Waals surface area contributed by atoms with Gasteiger partial charge in [-0.05, 0) is 57.3 Å². The zero-order chi connectivity index (χ0) is 16.2. The zero-order valence-electron chi connectivity index (χ0n) is 13.2. The van der Waals surface area contributed by atoms with Crippen LogP contribution in [-0.4, -0.2) is 15.5 Å². The molecule has 4 rings (SSSR count). The number of carbonyl (C=O) groups excluding carboxylic acids is 1. The van der Waals surface area contributed by atoms with E-state index in [0.717, 1.165) is 38.5 Å². The lowest BCUT2D eigenvalue weighted by Crippen LogP contribution is -2.40. The second-order valence-corrected chi connectivity index (χ2v) is 7.56. The quantitative estimate of drug-likeness (QED) is 0.781. The van der Waals surface area contributed by atoms with E-state index in [1.807, 2.05) is 0 Å². The highest BCUT2D eigenvalue weighted by atomic mass is 35.5. The number of anilines is 1. The molecule has 1 aromatic rings. The Morgan fingerprint density at radius 3 is 2.61 bits per heavy atom. The molecule has 0 radical (unpaired) electrons. The van der Waals surface area contributed by atoms with E-state index in [4.69, 9.17) is 11.6 Å². The molecule has 3 fully saturated rings. The number of nitrogens with zero attached hydrogens (tertiary/aromatic N) is 2. The number of hydrazine groups is 1. The first kappa shape index (κ1) is 15.0. The summed E-state index contributed by atoms with van der Waals surface area (Å²) in [6.45, 7) is 2.47. The molecule has 0 atom stereocenters. The smallest absolute Gasteiger partial charge is 0.295 e. The first-order valence-corrected chi connectivity index (χ1v) is 8.72. The van der Waals surface area contributed by atoms with Crippen LogP contribution in [0.1, 0.15) is 44.2 Å². The van der Waals surface area contributed by atoms with Crippen LogP contribution >= 0.6 is 11.6 Å². The summed E-state index contributed by atoms with van der Waals surface area (Å²) in [4.78, 5) is 29.0. The molecule has 124 valence electrons. The van der Waals surface area contributed by atoms with Crippen LogP contribution in [0.4, 0.5) is 5.82 Å². The number of amides is 1. The van der Waals surface area contributed by atoms with E-state index in [1.165, 1.54) is 0 Å². The van der Waals surface area contributed by atoms with Gasteiger partial charge in [0.15, 0.2) is 5.15 Å². The highest BCUT2D eigenvalue weighted by molar-refractivity contribution is 6.30. The second kappa shape index (κ2) is 5.23. The van der Waals surface area contributed by atoms with E-state index >= 15 is 0 Å². The van der Waals surface area contributed by atoms with E-state index in [1.54, 1.807) is 11.5 Å². The standard InChI is InChI=1S/C16H21ClN4O2/c1-9-12(17)18-13(14(22)21(9)8-10-2-3-10)19-20-15(23)16(6-7-16)11-4-5-11/h10-11H,2-8H2,1H3,(H,18,19)(H,20,23). The molecule has 0 aliphatic heterocycles. The molecule has 0 spiro atoms. The Morgan fingerprint density at radius 2 is 2.04 bits per heavy atom. The number of rotatable bonds is 6. The van der Waals surface area contributed by atoms with Gasteiger partial charge in [0, 0.05) is 6.54 Å². The fourth-order valence-corrected chi connectivity index (χ4v) is 3.50. The molecule has 0 bridgehead atoms. The molecule has 23 heavy (non-hydrogen) atoms. The maximum Gasteiger partial charge on any atom is 0.295 e. The number of nitrogens with one attached hydrogen (secondary N) is 2. The van der Waals surface area contributed by atoms with Crippen LogP contribution in [0.3, 0.4) is 0 Å². The predicted octanol–water partition coefficient (Wildman–Crippen LogP) is 2.25. The summed E-state index contributed by atoms with van der Waals surface area (Å²) in [5.74, 6) is 1.15. The monoisotopic (exact) mass is 336 g/mol. The minimum Gasteiger partial charge on any atom is -0.306 e. The summed E-state index contributed by atoms with van der Waals surface area (Å²) in [7, 11) is 0. The van der Waals surface area contributed by atoms with Crippen LogP contribution in [-0.2, 0) is 11.3 Å². The molecule has 7 heteroatoms. The van der Waals surface area contributed by atoms with E-state index in [2.05, 4.69) is 15.8 Å². The van der Waals surface area contributed by atoms with Gasteiger partial charge in [-0.15, -0.1) is 0 Å². The van der Waals surface area contributed by atoms with Crippen molar-refractivity contribution in [1.29, 1.82) is 0 Å². The molecule has 6 nitrogen and oxygen atoms in total. The predicted molar refractivity (Wildman–Crippen MR) is 87.1 cm³/mol. The molecule has 0 unspecified atom stereocenters. The fourth-order valence-electron chi connectivity index (χ4n) is 3.31. The van der Waals surface area contributed by atoms with Crippen molar-refractivity contribution in [2.75, 3.05) is 5.43 Å². The summed E-state index contributed by atoms with van der Waals surface area (Å²) in [6, 6.07) is 0. The largest absolute Gasteiger partial charge is 0.306 e. The molecular formula is C16H21ClN4O2. The molecule has 2 N–H and O–H groups in total. The number of carbonyl (C=O) groups is 1. The van der Waals surface area contributed by atoms with Crippen molar-refractivity contribution in [2.24, 2.45) is 17.3 Å². The lowest BCUT2D eigenvalue weighted by molar-refractivity contribution is -0.126. The normalized spacial score (nSPS) is 21.8. The fraction of sp³-hybridized carbons (Fsp3) is 0.688. The number of halogens is 1.